The van der Waals surface area contributed by atoms with Crippen LogP contribution in [0.3, 0.4) is 0 Å². The Morgan fingerprint density at radius 3 is 1.21 bits per heavy atom. The van der Waals surface area contributed by atoms with Crippen LogP contribution in [-0.2, 0) is 9.59 Å². The predicted molar refractivity (Wildman–Crippen MR) is 60.3 cm³/mol. The highest BCUT2D eigenvalue weighted by Crippen LogP contribution is 2.02. The molecule has 2 unspecified atom stereocenters. The molecule has 0 aromatic heterocycles. The van der Waals surface area contributed by atoms with Gasteiger partial charge in [-0.25, -0.2) is 0 Å². The molecule has 0 radical (unpaired) electrons. The molecule has 14 heavy (non-hydrogen) atoms. The molecule has 0 rings (SSSR count). The molecule has 2 heteroatoms. The molecular formula is C12H24O2. The van der Waals surface area contributed by atoms with E-state index in [1.54, 1.807) is 0 Å². The van der Waals surface area contributed by atoms with Gasteiger partial charge < -0.3 is 9.59 Å². The molecule has 0 aromatic carbocycles. The third kappa shape index (κ3) is 13.9. The van der Waals surface area contributed by atoms with Crippen LogP contribution < -0.4 is 0 Å². The Hall–Kier alpha value is -0.660. The summed E-state index contributed by atoms with van der Waals surface area (Å²) in [5.41, 5.74) is 0. The van der Waals surface area contributed by atoms with Gasteiger partial charge in [-0.1, -0.05) is 40.5 Å². The van der Waals surface area contributed by atoms with Crippen molar-refractivity contribution in [1.82, 2.24) is 0 Å². The second-order valence-electron chi connectivity index (χ2n) is 3.83. The molecule has 0 aliphatic heterocycles. The van der Waals surface area contributed by atoms with Gasteiger partial charge in [0, 0.05) is 12.8 Å². The van der Waals surface area contributed by atoms with E-state index in [0.29, 0.717) is 11.8 Å². The van der Waals surface area contributed by atoms with Crippen molar-refractivity contribution in [3.8, 4) is 0 Å². The molecule has 0 fully saturated rings. The van der Waals surface area contributed by atoms with E-state index < -0.39 is 0 Å². The number of carbonyl (C=O) groups is 2. The van der Waals surface area contributed by atoms with Crippen LogP contribution in [0, 0.1) is 11.8 Å². The van der Waals surface area contributed by atoms with Gasteiger partial charge in [0.25, 0.3) is 0 Å². The van der Waals surface area contributed by atoms with Gasteiger partial charge in [0.2, 0.25) is 0 Å². The first-order valence-electron chi connectivity index (χ1n) is 5.49. The molecule has 84 valence electrons. The monoisotopic (exact) mass is 200 g/mol. The van der Waals surface area contributed by atoms with E-state index in [1.165, 1.54) is 0 Å². The second-order valence-corrected chi connectivity index (χ2v) is 3.83. The average Bonchev–Trinajstić information content (AvgIpc) is 2.19. The summed E-state index contributed by atoms with van der Waals surface area (Å²) in [6, 6.07) is 0. The molecule has 0 aromatic rings. The normalized spacial score (nSPS) is 13.4. The van der Waals surface area contributed by atoms with Crippen molar-refractivity contribution < 1.29 is 9.59 Å². The standard InChI is InChI=1S/2C6H12O/c2*1-3-6(2)4-5-7/h2*5-6H,3-4H2,1-2H3. The molecule has 0 heterocycles. The molecule has 0 aliphatic rings. The summed E-state index contributed by atoms with van der Waals surface area (Å²) in [5.74, 6) is 1.16. The maximum Gasteiger partial charge on any atom is 0.120 e. The second kappa shape index (κ2) is 12.3. The fourth-order valence-electron chi connectivity index (χ4n) is 0.662. The van der Waals surface area contributed by atoms with Crippen molar-refractivity contribution in [3.63, 3.8) is 0 Å². The molecular weight excluding hydrogens is 176 g/mol. The molecule has 0 saturated heterocycles. The maximum absolute atomic E-state index is 9.77. The molecule has 2 atom stereocenters. The minimum absolute atomic E-state index is 0.581. The van der Waals surface area contributed by atoms with E-state index in [-0.39, 0.29) is 0 Å². The van der Waals surface area contributed by atoms with Crippen LogP contribution in [0.1, 0.15) is 53.4 Å². The molecule has 0 spiro atoms. The minimum atomic E-state index is 0.581. The van der Waals surface area contributed by atoms with Crippen LogP contribution in [0.4, 0.5) is 0 Å². The number of rotatable bonds is 6. The van der Waals surface area contributed by atoms with Crippen LogP contribution in [0.2, 0.25) is 0 Å². The molecule has 0 N–H and O–H groups in total. The van der Waals surface area contributed by atoms with Gasteiger partial charge in [-0.3, -0.25) is 0 Å². The van der Waals surface area contributed by atoms with Crippen molar-refractivity contribution in [2.45, 2.75) is 53.4 Å². The first kappa shape index (κ1) is 15.8. The van der Waals surface area contributed by atoms with Gasteiger partial charge in [-0.15, -0.1) is 0 Å². The Balaban J connectivity index is 0. The van der Waals surface area contributed by atoms with E-state index in [9.17, 15) is 9.59 Å². The Morgan fingerprint density at radius 1 is 0.857 bits per heavy atom. The van der Waals surface area contributed by atoms with Crippen molar-refractivity contribution in [1.29, 1.82) is 0 Å². The third-order valence-electron chi connectivity index (χ3n) is 2.39. The van der Waals surface area contributed by atoms with Gasteiger partial charge in [0.15, 0.2) is 0 Å². The SMILES string of the molecule is CCC(C)CC=O.CCC(C)CC=O. The topological polar surface area (TPSA) is 34.1 Å². The molecule has 0 amide bonds. The van der Waals surface area contributed by atoms with E-state index in [0.717, 1.165) is 38.3 Å². The lowest BCUT2D eigenvalue weighted by molar-refractivity contribution is -0.109. The zero-order valence-electron chi connectivity index (χ0n) is 9.95. The summed E-state index contributed by atoms with van der Waals surface area (Å²) >= 11 is 0. The van der Waals surface area contributed by atoms with Gasteiger partial charge in [0.05, 0.1) is 0 Å². The zero-order chi connectivity index (χ0) is 11.4. The Kier molecular flexibility index (Phi) is 13.9. The number of aldehydes is 2. The molecule has 0 aliphatic carbocycles. The molecule has 0 saturated carbocycles. The van der Waals surface area contributed by atoms with Gasteiger partial charge >= 0.3 is 0 Å². The van der Waals surface area contributed by atoms with Crippen molar-refractivity contribution in [2.75, 3.05) is 0 Å². The zero-order valence-corrected chi connectivity index (χ0v) is 9.95. The fraction of sp³-hybridized carbons (Fsp3) is 0.833. The van der Waals surface area contributed by atoms with Crippen molar-refractivity contribution >= 4 is 12.6 Å². The smallest absolute Gasteiger partial charge is 0.120 e. The van der Waals surface area contributed by atoms with E-state index in [2.05, 4.69) is 27.7 Å². The number of hydrogen-bond acceptors (Lipinski definition) is 2. The third-order valence-corrected chi connectivity index (χ3v) is 2.39. The molecule has 2 nitrogen and oxygen atoms in total. The lowest BCUT2D eigenvalue weighted by Gasteiger charge is -1.98. The van der Waals surface area contributed by atoms with Crippen LogP contribution in [0.5, 0.6) is 0 Å². The Bertz CT molecular complexity index is 116. The van der Waals surface area contributed by atoms with Crippen LogP contribution >= 0.6 is 0 Å². The van der Waals surface area contributed by atoms with Crippen LogP contribution in [0.15, 0.2) is 0 Å². The first-order chi connectivity index (χ1) is 6.62. The fourth-order valence-corrected chi connectivity index (χ4v) is 0.662. The molecule has 0 bridgehead atoms. The predicted octanol–water partition coefficient (Wildman–Crippen LogP) is 3.24. The summed E-state index contributed by atoms with van der Waals surface area (Å²) in [4.78, 5) is 19.5. The first-order valence-corrected chi connectivity index (χ1v) is 5.49. The Morgan fingerprint density at radius 2 is 1.14 bits per heavy atom. The van der Waals surface area contributed by atoms with Crippen LogP contribution in [0.25, 0.3) is 0 Å². The summed E-state index contributed by atoms with van der Waals surface area (Å²) in [5, 5.41) is 0. The van der Waals surface area contributed by atoms with Crippen molar-refractivity contribution in [2.24, 2.45) is 11.8 Å². The highest BCUT2D eigenvalue weighted by molar-refractivity contribution is 5.49. The van der Waals surface area contributed by atoms with E-state index in [1.807, 2.05) is 0 Å². The van der Waals surface area contributed by atoms with E-state index in [4.69, 9.17) is 0 Å². The average molecular weight is 200 g/mol. The maximum atomic E-state index is 9.77. The lowest BCUT2D eigenvalue weighted by Crippen LogP contribution is -1.90. The van der Waals surface area contributed by atoms with Crippen molar-refractivity contribution in [3.05, 3.63) is 0 Å². The van der Waals surface area contributed by atoms with Crippen LogP contribution in [-0.4, -0.2) is 12.6 Å². The highest BCUT2D eigenvalue weighted by Gasteiger charge is 1.93. The summed E-state index contributed by atoms with van der Waals surface area (Å²) < 4.78 is 0. The largest absolute Gasteiger partial charge is 0.303 e. The van der Waals surface area contributed by atoms with E-state index >= 15 is 0 Å². The Labute approximate surface area is 88.1 Å². The van der Waals surface area contributed by atoms with Gasteiger partial charge in [-0.2, -0.15) is 0 Å². The summed E-state index contributed by atoms with van der Waals surface area (Å²) in [6.07, 6.45) is 5.62. The summed E-state index contributed by atoms with van der Waals surface area (Å²) in [7, 11) is 0. The van der Waals surface area contributed by atoms with Gasteiger partial charge in [0.1, 0.15) is 12.6 Å². The number of carbonyl (C=O) groups excluding carboxylic acids is 2. The minimum Gasteiger partial charge on any atom is -0.303 e. The lowest BCUT2D eigenvalue weighted by atomic mass is 10.1. The summed E-state index contributed by atoms with van der Waals surface area (Å²) in [6.45, 7) is 8.34. The number of hydrogen-bond donors (Lipinski definition) is 0. The quantitative estimate of drug-likeness (QED) is 0.617. The highest BCUT2D eigenvalue weighted by atomic mass is 16.1. The van der Waals surface area contributed by atoms with Gasteiger partial charge in [-0.05, 0) is 11.8 Å².